The Balaban J connectivity index is 1.66. The SMILES string of the molecule is O=C(Nc1ccc(O)c(N(c2ccc(F)cc2)[SH](=O)=O)c1)c1ccc2ccccc2c1. The van der Waals surface area contributed by atoms with Crippen molar-refractivity contribution in [3.63, 3.8) is 0 Å². The molecule has 8 heteroatoms. The summed E-state index contributed by atoms with van der Waals surface area (Å²) in [6.07, 6.45) is 0. The van der Waals surface area contributed by atoms with Crippen LogP contribution in [0.1, 0.15) is 10.4 Å². The molecule has 0 fully saturated rings. The second-order valence-corrected chi connectivity index (χ2v) is 7.62. The number of halogens is 1. The van der Waals surface area contributed by atoms with Gasteiger partial charge in [-0.1, -0.05) is 30.3 Å². The van der Waals surface area contributed by atoms with Gasteiger partial charge in [-0.05, 0) is 65.4 Å². The molecular weight excluding hydrogens is 419 g/mol. The number of nitrogens with zero attached hydrogens (tertiary/aromatic N) is 1. The van der Waals surface area contributed by atoms with Crippen molar-refractivity contribution >= 4 is 44.6 Å². The van der Waals surface area contributed by atoms with Gasteiger partial charge in [-0.2, -0.15) is 0 Å². The normalized spacial score (nSPS) is 10.9. The van der Waals surface area contributed by atoms with Crippen molar-refractivity contribution in [2.24, 2.45) is 0 Å². The molecule has 4 rings (SSSR count). The third-order valence-corrected chi connectivity index (χ3v) is 5.48. The Bertz CT molecular complexity index is 1350. The van der Waals surface area contributed by atoms with Crippen LogP contribution in [0.5, 0.6) is 5.75 Å². The molecule has 0 bridgehead atoms. The summed E-state index contributed by atoms with van der Waals surface area (Å²) in [6.45, 7) is 0. The van der Waals surface area contributed by atoms with Gasteiger partial charge in [0, 0.05) is 11.3 Å². The van der Waals surface area contributed by atoms with E-state index >= 15 is 0 Å². The van der Waals surface area contributed by atoms with Crippen LogP contribution in [0.15, 0.2) is 84.9 Å². The van der Waals surface area contributed by atoms with E-state index in [4.69, 9.17) is 0 Å². The van der Waals surface area contributed by atoms with E-state index < -0.39 is 16.7 Å². The molecule has 156 valence electrons. The van der Waals surface area contributed by atoms with Crippen molar-refractivity contribution < 1.29 is 22.7 Å². The molecule has 0 radical (unpaired) electrons. The lowest BCUT2D eigenvalue weighted by molar-refractivity contribution is 0.102. The third-order valence-electron chi connectivity index (χ3n) is 4.71. The number of hydrogen-bond donors (Lipinski definition) is 3. The van der Waals surface area contributed by atoms with Crippen molar-refractivity contribution in [1.29, 1.82) is 0 Å². The monoisotopic (exact) mass is 436 g/mol. The molecule has 0 aromatic heterocycles. The Morgan fingerprint density at radius 3 is 2.29 bits per heavy atom. The van der Waals surface area contributed by atoms with Gasteiger partial charge in [0.05, 0.1) is 5.69 Å². The Hall–Kier alpha value is -3.91. The lowest BCUT2D eigenvalue weighted by Gasteiger charge is -2.20. The average molecular weight is 436 g/mol. The van der Waals surface area contributed by atoms with E-state index in [0.717, 1.165) is 27.2 Å². The van der Waals surface area contributed by atoms with Crippen molar-refractivity contribution in [2.75, 3.05) is 9.62 Å². The summed E-state index contributed by atoms with van der Waals surface area (Å²) in [4.78, 5) is 12.7. The summed E-state index contributed by atoms with van der Waals surface area (Å²) in [5, 5.41) is 14.9. The Labute approximate surface area is 179 Å². The van der Waals surface area contributed by atoms with Gasteiger partial charge in [0.15, 0.2) is 0 Å². The third kappa shape index (κ3) is 4.34. The number of phenolic OH excluding ortho intramolecular Hbond substituents is 1. The Morgan fingerprint density at radius 1 is 0.871 bits per heavy atom. The highest BCUT2D eigenvalue weighted by Gasteiger charge is 2.18. The average Bonchev–Trinajstić information content (AvgIpc) is 2.76. The summed E-state index contributed by atoms with van der Waals surface area (Å²) in [7, 11) is -3.20. The lowest BCUT2D eigenvalue weighted by Crippen LogP contribution is -2.16. The van der Waals surface area contributed by atoms with E-state index in [1.54, 1.807) is 12.1 Å². The number of rotatable bonds is 5. The topological polar surface area (TPSA) is 86.7 Å². The van der Waals surface area contributed by atoms with E-state index in [1.807, 2.05) is 30.3 Å². The first kappa shape index (κ1) is 20.4. The molecule has 0 heterocycles. The molecule has 4 aromatic carbocycles. The Kier molecular flexibility index (Phi) is 5.55. The van der Waals surface area contributed by atoms with E-state index in [0.29, 0.717) is 5.56 Å². The number of aromatic hydroxyl groups is 1. The molecule has 0 spiro atoms. The smallest absolute Gasteiger partial charge is 0.255 e. The van der Waals surface area contributed by atoms with Gasteiger partial charge in [-0.15, -0.1) is 0 Å². The maximum absolute atomic E-state index is 13.2. The summed E-state index contributed by atoms with van der Waals surface area (Å²) in [5.74, 6) is -1.22. The lowest BCUT2D eigenvalue weighted by atomic mass is 10.1. The van der Waals surface area contributed by atoms with Crippen LogP contribution in [0.3, 0.4) is 0 Å². The van der Waals surface area contributed by atoms with E-state index in [9.17, 15) is 22.7 Å². The predicted molar refractivity (Wildman–Crippen MR) is 119 cm³/mol. The number of anilines is 3. The van der Waals surface area contributed by atoms with Crippen LogP contribution in [0.4, 0.5) is 21.5 Å². The molecule has 0 atom stereocenters. The molecule has 1 amide bonds. The fourth-order valence-corrected chi connectivity index (χ4v) is 3.87. The minimum absolute atomic E-state index is 0.0703. The van der Waals surface area contributed by atoms with Gasteiger partial charge in [-0.3, -0.25) is 4.79 Å². The molecule has 0 saturated carbocycles. The molecule has 0 saturated heterocycles. The van der Waals surface area contributed by atoms with Gasteiger partial charge >= 0.3 is 0 Å². The van der Waals surface area contributed by atoms with Gasteiger partial charge in [0.2, 0.25) is 10.9 Å². The molecular formula is C23H17FN2O4S. The number of phenols is 1. The zero-order valence-electron chi connectivity index (χ0n) is 16.0. The fourth-order valence-electron chi connectivity index (χ4n) is 3.21. The van der Waals surface area contributed by atoms with Gasteiger partial charge in [-0.25, -0.2) is 17.1 Å². The minimum Gasteiger partial charge on any atom is -0.506 e. The van der Waals surface area contributed by atoms with E-state index in [1.165, 1.54) is 30.3 Å². The van der Waals surface area contributed by atoms with E-state index in [-0.39, 0.29) is 28.7 Å². The highest BCUT2D eigenvalue weighted by molar-refractivity contribution is 7.74. The molecule has 4 aromatic rings. The summed E-state index contributed by atoms with van der Waals surface area (Å²) >= 11 is 0. The molecule has 0 unspecified atom stereocenters. The molecule has 0 aliphatic rings. The predicted octanol–water partition coefficient (Wildman–Crippen LogP) is 4.60. The van der Waals surface area contributed by atoms with Crippen LogP contribution in [-0.4, -0.2) is 19.4 Å². The molecule has 0 aliphatic heterocycles. The van der Waals surface area contributed by atoms with Crippen molar-refractivity contribution in [1.82, 2.24) is 0 Å². The van der Waals surface area contributed by atoms with Crippen LogP contribution in [0.25, 0.3) is 10.8 Å². The minimum atomic E-state index is -3.20. The number of carbonyl (C=O) groups excluding carboxylic acids is 1. The quantitative estimate of drug-likeness (QED) is 0.315. The number of benzene rings is 4. The van der Waals surface area contributed by atoms with Gasteiger partial charge in [0.1, 0.15) is 17.3 Å². The van der Waals surface area contributed by atoms with Crippen LogP contribution >= 0.6 is 0 Å². The van der Waals surface area contributed by atoms with Crippen LogP contribution in [-0.2, 0) is 10.9 Å². The zero-order valence-corrected chi connectivity index (χ0v) is 16.9. The van der Waals surface area contributed by atoms with Crippen molar-refractivity contribution in [3.8, 4) is 5.75 Å². The second-order valence-electron chi connectivity index (χ2n) is 6.75. The van der Waals surface area contributed by atoms with Crippen LogP contribution in [0, 0.1) is 5.82 Å². The first-order valence-electron chi connectivity index (χ1n) is 9.25. The number of fused-ring (bicyclic) bond motifs is 1. The summed E-state index contributed by atoms with van der Waals surface area (Å²) in [6, 6.07) is 21.8. The Morgan fingerprint density at radius 2 is 1.58 bits per heavy atom. The summed E-state index contributed by atoms with van der Waals surface area (Å²) < 4.78 is 37.9. The largest absolute Gasteiger partial charge is 0.506 e. The second kappa shape index (κ2) is 8.45. The van der Waals surface area contributed by atoms with Gasteiger partial charge < -0.3 is 10.4 Å². The maximum Gasteiger partial charge on any atom is 0.255 e. The number of carbonyl (C=O) groups is 1. The number of thiol groups is 1. The maximum atomic E-state index is 13.2. The number of hydrogen-bond acceptors (Lipinski definition) is 4. The molecule has 0 aliphatic carbocycles. The molecule has 6 nitrogen and oxygen atoms in total. The first-order chi connectivity index (χ1) is 14.9. The highest BCUT2D eigenvalue weighted by Crippen LogP contribution is 2.35. The van der Waals surface area contributed by atoms with Crippen LogP contribution in [0.2, 0.25) is 0 Å². The number of amides is 1. The standard InChI is InChI=1S/C23H17FN2O4S/c24-18-7-10-20(11-8-18)26(31(29)30)21-14-19(9-12-22(21)27)25-23(28)17-6-5-15-3-1-2-4-16(15)13-17/h1-14,27,31H,(H,25,28). The first-order valence-corrected chi connectivity index (χ1v) is 10.4. The number of nitrogens with one attached hydrogen (secondary N) is 1. The highest BCUT2D eigenvalue weighted by atomic mass is 32.2. The van der Waals surface area contributed by atoms with E-state index in [2.05, 4.69) is 5.32 Å². The van der Waals surface area contributed by atoms with Crippen molar-refractivity contribution in [3.05, 3.63) is 96.3 Å². The molecule has 2 N–H and O–H groups in total. The van der Waals surface area contributed by atoms with Crippen LogP contribution < -0.4 is 9.62 Å². The van der Waals surface area contributed by atoms with Crippen molar-refractivity contribution in [2.45, 2.75) is 0 Å². The van der Waals surface area contributed by atoms with Gasteiger partial charge in [0.25, 0.3) is 5.91 Å². The zero-order chi connectivity index (χ0) is 22.0. The fraction of sp³-hybridized carbons (Fsp3) is 0. The summed E-state index contributed by atoms with van der Waals surface area (Å²) in [5.41, 5.74) is 0.790. The molecule has 31 heavy (non-hydrogen) atoms.